The summed E-state index contributed by atoms with van der Waals surface area (Å²) in [6.07, 6.45) is 2.00. The number of ether oxygens (including phenoxy) is 2. The zero-order valence-corrected chi connectivity index (χ0v) is 11.5. The molecule has 1 saturated heterocycles. The van der Waals surface area contributed by atoms with Gasteiger partial charge in [-0.1, -0.05) is 0 Å². The number of H-pyrrole nitrogens is 1. The van der Waals surface area contributed by atoms with Crippen molar-refractivity contribution >= 4 is 10.9 Å². The molecule has 102 valence electrons. The largest absolute Gasteiger partial charge is 0.496 e. The maximum atomic E-state index is 5.57. The minimum atomic E-state index is 0.824. The highest BCUT2D eigenvalue weighted by molar-refractivity contribution is 5.88. The maximum absolute atomic E-state index is 5.57. The van der Waals surface area contributed by atoms with E-state index >= 15 is 0 Å². The van der Waals surface area contributed by atoms with Crippen LogP contribution in [0.4, 0.5) is 0 Å². The van der Waals surface area contributed by atoms with Gasteiger partial charge in [0.2, 0.25) is 0 Å². The molecular formula is C15H20N2O2. The van der Waals surface area contributed by atoms with Crippen LogP contribution in [0.25, 0.3) is 10.9 Å². The Morgan fingerprint density at radius 1 is 1.37 bits per heavy atom. The van der Waals surface area contributed by atoms with Gasteiger partial charge in [0.25, 0.3) is 0 Å². The lowest BCUT2D eigenvalue weighted by molar-refractivity contribution is 0.0341. The topological polar surface area (TPSA) is 37.5 Å². The fraction of sp³-hybridized carbons (Fsp3) is 0.467. The number of benzene rings is 1. The van der Waals surface area contributed by atoms with E-state index in [1.165, 1.54) is 22.0 Å². The van der Waals surface area contributed by atoms with Gasteiger partial charge in [0.1, 0.15) is 5.75 Å². The zero-order chi connectivity index (χ0) is 13.2. The molecule has 1 aromatic heterocycles. The van der Waals surface area contributed by atoms with Gasteiger partial charge in [0.05, 0.1) is 20.3 Å². The van der Waals surface area contributed by atoms with Crippen molar-refractivity contribution < 1.29 is 9.47 Å². The number of aryl methyl sites for hydroxylation is 1. The normalized spacial score (nSPS) is 16.9. The summed E-state index contributed by atoms with van der Waals surface area (Å²) in [4.78, 5) is 5.74. The second kappa shape index (κ2) is 5.23. The first-order chi connectivity index (χ1) is 9.29. The third kappa shape index (κ3) is 2.33. The van der Waals surface area contributed by atoms with Gasteiger partial charge in [0, 0.05) is 42.3 Å². The van der Waals surface area contributed by atoms with Crippen molar-refractivity contribution in [3.05, 3.63) is 29.5 Å². The third-order valence-electron chi connectivity index (χ3n) is 3.82. The average Bonchev–Trinajstić information content (AvgIpc) is 2.93. The number of rotatable bonds is 3. The number of hydrogen-bond donors (Lipinski definition) is 1. The first kappa shape index (κ1) is 12.5. The van der Waals surface area contributed by atoms with E-state index in [-0.39, 0.29) is 0 Å². The second-order valence-electron chi connectivity index (χ2n) is 5.03. The molecule has 3 rings (SSSR count). The molecular weight excluding hydrogens is 240 g/mol. The first-order valence-corrected chi connectivity index (χ1v) is 6.73. The lowest BCUT2D eigenvalue weighted by Crippen LogP contribution is -2.35. The van der Waals surface area contributed by atoms with Crippen LogP contribution >= 0.6 is 0 Å². The summed E-state index contributed by atoms with van der Waals surface area (Å²) < 4.78 is 11.0. The molecule has 1 N–H and O–H groups in total. The molecule has 2 aromatic rings. The van der Waals surface area contributed by atoms with Crippen LogP contribution in [0.5, 0.6) is 5.75 Å². The van der Waals surface area contributed by atoms with Gasteiger partial charge >= 0.3 is 0 Å². The van der Waals surface area contributed by atoms with Crippen molar-refractivity contribution in [2.75, 3.05) is 33.4 Å². The molecule has 0 amide bonds. The van der Waals surface area contributed by atoms with Crippen LogP contribution in [0, 0.1) is 6.92 Å². The number of fused-ring (bicyclic) bond motifs is 1. The zero-order valence-electron chi connectivity index (χ0n) is 11.5. The first-order valence-electron chi connectivity index (χ1n) is 6.73. The molecule has 0 aliphatic carbocycles. The molecule has 1 aromatic carbocycles. The highest BCUT2D eigenvalue weighted by Crippen LogP contribution is 2.31. The number of nitrogens with zero attached hydrogens (tertiary/aromatic N) is 1. The Morgan fingerprint density at radius 3 is 2.89 bits per heavy atom. The molecule has 0 spiro atoms. The summed E-state index contributed by atoms with van der Waals surface area (Å²) in [6, 6.07) is 4.26. The number of methoxy groups -OCH3 is 1. The predicted octanol–water partition coefficient (Wildman–Crippen LogP) is 2.32. The van der Waals surface area contributed by atoms with Crippen molar-refractivity contribution in [2.45, 2.75) is 13.5 Å². The number of morpholine rings is 1. The molecule has 1 aliphatic heterocycles. The molecule has 2 heterocycles. The van der Waals surface area contributed by atoms with Crippen LogP contribution in [0.3, 0.4) is 0 Å². The van der Waals surface area contributed by atoms with E-state index in [0.717, 1.165) is 38.6 Å². The van der Waals surface area contributed by atoms with Crippen LogP contribution in [0.2, 0.25) is 0 Å². The summed E-state index contributed by atoms with van der Waals surface area (Å²) >= 11 is 0. The SMILES string of the molecule is COc1cc(C)c2[nH]ccc2c1CN1CCOCC1. The summed E-state index contributed by atoms with van der Waals surface area (Å²) in [6.45, 7) is 6.65. The summed E-state index contributed by atoms with van der Waals surface area (Å²) in [7, 11) is 1.75. The highest BCUT2D eigenvalue weighted by Gasteiger charge is 2.17. The Bertz CT molecular complexity index is 571. The van der Waals surface area contributed by atoms with Crippen molar-refractivity contribution in [3.8, 4) is 5.75 Å². The standard InChI is InChI=1S/C15H20N2O2/c1-11-9-14(18-2)13(12-3-4-16-15(11)12)10-17-5-7-19-8-6-17/h3-4,9,16H,5-8,10H2,1-2H3. The number of aromatic amines is 1. The fourth-order valence-electron chi connectivity index (χ4n) is 2.76. The molecule has 4 nitrogen and oxygen atoms in total. The summed E-state index contributed by atoms with van der Waals surface area (Å²) in [5.74, 6) is 0.982. The third-order valence-corrected chi connectivity index (χ3v) is 3.82. The molecule has 0 radical (unpaired) electrons. The van der Waals surface area contributed by atoms with Gasteiger partial charge in [-0.05, 0) is 24.6 Å². The van der Waals surface area contributed by atoms with Crippen LogP contribution < -0.4 is 4.74 Å². The molecule has 4 heteroatoms. The maximum Gasteiger partial charge on any atom is 0.124 e. The van der Waals surface area contributed by atoms with E-state index in [0.29, 0.717) is 0 Å². The van der Waals surface area contributed by atoms with Crippen molar-refractivity contribution in [1.29, 1.82) is 0 Å². The van der Waals surface area contributed by atoms with Crippen molar-refractivity contribution in [3.63, 3.8) is 0 Å². The highest BCUT2D eigenvalue weighted by atomic mass is 16.5. The molecule has 0 saturated carbocycles. The van der Waals surface area contributed by atoms with Crippen LogP contribution in [-0.4, -0.2) is 43.3 Å². The van der Waals surface area contributed by atoms with E-state index in [4.69, 9.17) is 9.47 Å². The van der Waals surface area contributed by atoms with Crippen LogP contribution in [-0.2, 0) is 11.3 Å². The fourth-order valence-corrected chi connectivity index (χ4v) is 2.76. The Labute approximate surface area is 113 Å². The molecule has 0 unspecified atom stereocenters. The van der Waals surface area contributed by atoms with E-state index in [2.05, 4.69) is 28.9 Å². The molecule has 19 heavy (non-hydrogen) atoms. The molecule has 0 atom stereocenters. The minimum Gasteiger partial charge on any atom is -0.496 e. The molecule has 1 aliphatic rings. The number of nitrogens with one attached hydrogen (secondary N) is 1. The number of hydrogen-bond acceptors (Lipinski definition) is 3. The monoisotopic (exact) mass is 260 g/mol. The quantitative estimate of drug-likeness (QED) is 0.920. The second-order valence-corrected chi connectivity index (χ2v) is 5.03. The predicted molar refractivity (Wildman–Crippen MR) is 75.7 cm³/mol. The van der Waals surface area contributed by atoms with Gasteiger partial charge in [-0.2, -0.15) is 0 Å². The van der Waals surface area contributed by atoms with E-state index < -0.39 is 0 Å². The average molecular weight is 260 g/mol. The van der Waals surface area contributed by atoms with Crippen LogP contribution in [0.15, 0.2) is 18.3 Å². The Hall–Kier alpha value is -1.52. The Morgan fingerprint density at radius 2 is 2.16 bits per heavy atom. The molecule has 1 fully saturated rings. The smallest absolute Gasteiger partial charge is 0.124 e. The van der Waals surface area contributed by atoms with Crippen molar-refractivity contribution in [2.24, 2.45) is 0 Å². The molecule has 0 bridgehead atoms. The van der Waals surface area contributed by atoms with Gasteiger partial charge in [-0.25, -0.2) is 0 Å². The lowest BCUT2D eigenvalue weighted by Gasteiger charge is -2.27. The van der Waals surface area contributed by atoms with Crippen molar-refractivity contribution in [1.82, 2.24) is 9.88 Å². The number of aromatic nitrogens is 1. The summed E-state index contributed by atoms with van der Waals surface area (Å²) in [5, 5.41) is 1.27. The van der Waals surface area contributed by atoms with Gasteiger partial charge in [-0.15, -0.1) is 0 Å². The van der Waals surface area contributed by atoms with Gasteiger partial charge in [-0.3, -0.25) is 4.90 Å². The Kier molecular flexibility index (Phi) is 3.44. The Balaban J connectivity index is 2.00. The van der Waals surface area contributed by atoms with E-state index in [9.17, 15) is 0 Å². The lowest BCUT2D eigenvalue weighted by atomic mass is 10.0. The van der Waals surface area contributed by atoms with E-state index in [1.54, 1.807) is 7.11 Å². The van der Waals surface area contributed by atoms with Crippen LogP contribution in [0.1, 0.15) is 11.1 Å². The van der Waals surface area contributed by atoms with Gasteiger partial charge in [0.15, 0.2) is 0 Å². The summed E-state index contributed by atoms with van der Waals surface area (Å²) in [5.41, 5.74) is 3.71. The van der Waals surface area contributed by atoms with Gasteiger partial charge < -0.3 is 14.5 Å². The van der Waals surface area contributed by atoms with E-state index in [1.807, 2.05) is 6.20 Å². The minimum absolute atomic E-state index is 0.824.